The molecule has 0 radical (unpaired) electrons. The van der Waals surface area contributed by atoms with Crippen molar-refractivity contribution in [2.24, 2.45) is 0 Å². The van der Waals surface area contributed by atoms with Gasteiger partial charge in [-0.3, -0.25) is 9.88 Å². The Labute approximate surface area is 106 Å². The molecule has 1 aromatic rings. The van der Waals surface area contributed by atoms with Gasteiger partial charge in [0.25, 0.3) is 0 Å². The molecule has 0 saturated carbocycles. The minimum atomic E-state index is 0.974. The minimum Gasteiger partial charge on any atom is -0.318 e. The third-order valence-corrected chi connectivity index (χ3v) is 2.82. The summed E-state index contributed by atoms with van der Waals surface area (Å²) in [5.41, 5.74) is 1.26. The maximum absolute atomic E-state index is 4.19. The molecule has 0 bridgehead atoms. The molecule has 1 N–H and O–H groups in total. The molecule has 0 aromatic carbocycles. The molecular formula is C12H20BrN3. The van der Waals surface area contributed by atoms with Crippen LogP contribution < -0.4 is 5.32 Å². The highest BCUT2D eigenvalue weighted by Gasteiger charge is 2.04. The van der Waals surface area contributed by atoms with Gasteiger partial charge in [0.15, 0.2) is 0 Å². The first kappa shape index (κ1) is 13.6. The molecule has 16 heavy (non-hydrogen) atoms. The van der Waals surface area contributed by atoms with Gasteiger partial charge in [0, 0.05) is 36.5 Å². The fourth-order valence-electron chi connectivity index (χ4n) is 1.66. The summed E-state index contributed by atoms with van der Waals surface area (Å²) in [6, 6.07) is 2.13. The molecule has 1 aromatic heterocycles. The Morgan fingerprint density at radius 3 is 2.81 bits per heavy atom. The smallest absolute Gasteiger partial charge is 0.0410 e. The molecule has 0 atom stereocenters. The van der Waals surface area contributed by atoms with Crippen LogP contribution in [0, 0.1) is 0 Å². The van der Waals surface area contributed by atoms with Crippen LogP contribution in [0.2, 0.25) is 0 Å². The summed E-state index contributed by atoms with van der Waals surface area (Å²) < 4.78 is 1.05. The lowest BCUT2D eigenvalue weighted by Crippen LogP contribution is -2.31. The Morgan fingerprint density at radius 2 is 2.19 bits per heavy atom. The molecule has 0 unspecified atom stereocenters. The first-order valence-electron chi connectivity index (χ1n) is 5.72. The monoisotopic (exact) mass is 285 g/mol. The third-order valence-electron chi connectivity index (χ3n) is 2.39. The number of pyridine rings is 1. The Hall–Kier alpha value is -0.450. The van der Waals surface area contributed by atoms with Crippen molar-refractivity contribution in [1.29, 1.82) is 0 Å². The highest BCUT2D eigenvalue weighted by atomic mass is 79.9. The second-order valence-corrected chi connectivity index (χ2v) is 4.81. The van der Waals surface area contributed by atoms with E-state index < -0.39 is 0 Å². The second kappa shape index (κ2) is 7.76. The molecule has 0 aliphatic carbocycles. The van der Waals surface area contributed by atoms with Gasteiger partial charge in [-0.2, -0.15) is 0 Å². The molecule has 0 spiro atoms. The van der Waals surface area contributed by atoms with Gasteiger partial charge in [-0.05, 0) is 47.6 Å². The lowest BCUT2D eigenvalue weighted by atomic mass is 10.2. The summed E-state index contributed by atoms with van der Waals surface area (Å²) in [5.74, 6) is 0. The topological polar surface area (TPSA) is 28.2 Å². The van der Waals surface area contributed by atoms with Gasteiger partial charge in [-0.25, -0.2) is 0 Å². The van der Waals surface area contributed by atoms with Gasteiger partial charge in [-0.1, -0.05) is 6.92 Å². The maximum atomic E-state index is 4.19. The molecule has 3 nitrogen and oxygen atoms in total. The van der Waals surface area contributed by atoms with Gasteiger partial charge in [0.1, 0.15) is 0 Å². The van der Waals surface area contributed by atoms with Crippen LogP contribution in [-0.4, -0.2) is 36.6 Å². The molecule has 0 aliphatic rings. The van der Waals surface area contributed by atoms with Gasteiger partial charge >= 0.3 is 0 Å². The predicted molar refractivity (Wildman–Crippen MR) is 71.4 cm³/mol. The summed E-state index contributed by atoms with van der Waals surface area (Å²) >= 11 is 3.45. The Balaban J connectivity index is 2.52. The molecule has 90 valence electrons. The molecule has 0 fully saturated rings. The highest BCUT2D eigenvalue weighted by molar-refractivity contribution is 9.10. The van der Waals surface area contributed by atoms with Crippen LogP contribution in [0.1, 0.15) is 18.9 Å². The van der Waals surface area contributed by atoms with E-state index in [1.807, 2.05) is 19.4 Å². The van der Waals surface area contributed by atoms with E-state index in [2.05, 4.69) is 44.1 Å². The zero-order valence-electron chi connectivity index (χ0n) is 10.0. The van der Waals surface area contributed by atoms with Gasteiger partial charge in [0.2, 0.25) is 0 Å². The number of aromatic nitrogens is 1. The normalized spacial score (nSPS) is 11.0. The van der Waals surface area contributed by atoms with E-state index >= 15 is 0 Å². The Morgan fingerprint density at radius 1 is 1.38 bits per heavy atom. The minimum absolute atomic E-state index is 0.974. The van der Waals surface area contributed by atoms with Gasteiger partial charge in [0.05, 0.1) is 0 Å². The summed E-state index contributed by atoms with van der Waals surface area (Å²) in [4.78, 5) is 6.63. The summed E-state index contributed by atoms with van der Waals surface area (Å²) in [6.45, 7) is 6.43. The van der Waals surface area contributed by atoms with E-state index in [9.17, 15) is 0 Å². The molecular weight excluding hydrogens is 266 g/mol. The first-order valence-corrected chi connectivity index (χ1v) is 6.52. The molecule has 1 heterocycles. The number of hydrogen-bond donors (Lipinski definition) is 1. The molecule has 0 amide bonds. The zero-order chi connectivity index (χ0) is 11.8. The lowest BCUT2D eigenvalue weighted by molar-refractivity contribution is 0.267. The van der Waals surface area contributed by atoms with Crippen molar-refractivity contribution < 1.29 is 0 Å². The van der Waals surface area contributed by atoms with Crippen LogP contribution in [0.3, 0.4) is 0 Å². The average Bonchev–Trinajstić information content (AvgIpc) is 2.26. The van der Waals surface area contributed by atoms with E-state index in [0.717, 1.165) is 30.7 Å². The summed E-state index contributed by atoms with van der Waals surface area (Å²) in [6.07, 6.45) is 4.94. The Bertz CT molecular complexity index is 304. The van der Waals surface area contributed by atoms with Gasteiger partial charge in [-0.15, -0.1) is 0 Å². The molecule has 0 aliphatic heterocycles. The van der Waals surface area contributed by atoms with Crippen LogP contribution >= 0.6 is 15.9 Å². The SMILES string of the molecule is CCCN(CCNC)Cc1cncc(Br)c1. The number of nitrogens with one attached hydrogen (secondary N) is 1. The van der Waals surface area contributed by atoms with Crippen molar-refractivity contribution in [3.8, 4) is 0 Å². The standard InChI is InChI=1S/C12H20BrN3/c1-3-5-16(6-4-14-2)10-11-7-12(13)9-15-8-11/h7-9,14H,3-6,10H2,1-2H3. The van der Waals surface area contributed by atoms with Crippen LogP contribution in [0.15, 0.2) is 22.9 Å². The van der Waals surface area contributed by atoms with Crippen LogP contribution in [0.25, 0.3) is 0 Å². The molecule has 4 heteroatoms. The highest BCUT2D eigenvalue weighted by Crippen LogP contribution is 2.11. The Kier molecular flexibility index (Phi) is 6.61. The van der Waals surface area contributed by atoms with E-state index in [1.165, 1.54) is 12.0 Å². The van der Waals surface area contributed by atoms with E-state index in [4.69, 9.17) is 0 Å². The zero-order valence-corrected chi connectivity index (χ0v) is 11.6. The number of nitrogens with zero attached hydrogens (tertiary/aromatic N) is 2. The van der Waals surface area contributed by atoms with Crippen molar-refractivity contribution >= 4 is 15.9 Å². The van der Waals surface area contributed by atoms with Crippen molar-refractivity contribution in [3.05, 3.63) is 28.5 Å². The lowest BCUT2D eigenvalue weighted by Gasteiger charge is -2.21. The van der Waals surface area contributed by atoms with Gasteiger partial charge < -0.3 is 5.32 Å². The largest absolute Gasteiger partial charge is 0.318 e. The second-order valence-electron chi connectivity index (χ2n) is 3.89. The van der Waals surface area contributed by atoms with Crippen molar-refractivity contribution in [3.63, 3.8) is 0 Å². The van der Waals surface area contributed by atoms with Crippen molar-refractivity contribution in [2.75, 3.05) is 26.7 Å². The third kappa shape index (κ3) is 5.05. The number of halogens is 1. The van der Waals surface area contributed by atoms with Crippen LogP contribution in [0.5, 0.6) is 0 Å². The number of hydrogen-bond acceptors (Lipinski definition) is 3. The molecule has 1 rings (SSSR count). The van der Waals surface area contributed by atoms with Crippen LogP contribution in [0.4, 0.5) is 0 Å². The first-order chi connectivity index (χ1) is 7.76. The van der Waals surface area contributed by atoms with Crippen molar-refractivity contribution in [1.82, 2.24) is 15.2 Å². The van der Waals surface area contributed by atoms with Crippen molar-refractivity contribution in [2.45, 2.75) is 19.9 Å². The fraction of sp³-hybridized carbons (Fsp3) is 0.583. The van der Waals surface area contributed by atoms with E-state index in [1.54, 1.807) is 0 Å². The number of rotatable bonds is 7. The predicted octanol–water partition coefficient (Wildman–Crippen LogP) is 2.28. The number of likely N-dealkylation sites (N-methyl/N-ethyl adjacent to an activating group) is 1. The van der Waals surface area contributed by atoms with Crippen LogP contribution in [-0.2, 0) is 6.54 Å². The fourth-order valence-corrected chi connectivity index (χ4v) is 2.07. The summed E-state index contributed by atoms with van der Waals surface area (Å²) in [5, 5.41) is 3.19. The van der Waals surface area contributed by atoms with E-state index in [-0.39, 0.29) is 0 Å². The quantitative estimate of drug-likeness (QED) is 0.833. The van der Waals surface area contributed by atoms with E-state index in [0.29, 0.717) is 0 Å². The maximum Gasteiger partial charge on any atom is 0.0410 e. The average molecular weight is 286 g/mol. The summed E-state index contributed by atoms with van der Waals surface area (Å²) in [7, 11) is 1.99. The molecule has 0 saturated heterocycles.